The second-order valence-electron chi connectivity index (χ2n) is 3.79. The van der Waals surface area contributed by atoms with E-state index in [1.54, 1.807) is 6.26 Å². The van der Waals surface area contributed by atoms with Crippen molar-refractivity contribution in [3.63, 3.8) is 0 Å². The molecule has 2 unspecified atom stereocenters. The van der Waals surface area contributed by atoms with Gasteiger partial charge in [-0.05, 0) is 25.5 Å². The van der Waals surface area contributed by atoms with Gasteiger partial charge in [0.15, 0.2) is 5.89 Å². The minimum absolute atomic E-state index is 0.0243. The molecule has 0 spiro atoms. The predicted molar refractivity (Wildman–Crippen MR) is 58.3 cm³/mol. The monoisotopic (exact) mass is 212 g/mol. The van der Waals surface area contributed by atoms with E-state index in [-0.39, 0.29) is 6.04 Å². The van der Waals surface area contributed by atoms with Crippen LogP contribution in [0.2, 0.25) is 0 Å². The van der Waals surface area contributed by atoms with E-state index >= 15 is 0 Å². The Morgan fingerprint density at radius 3 is 3.21 bits per heavy atom. The molecule has 1 aliphatic rings. The normalized spacial score (nSPS) is 24.0. The summed E-state index contributed by atoms with van der Waals surface area (Å²) in [5.74, 6) is 2.13. The lowest BCUT2D eigenvalue weighted by Crippen LogP contribution is -2.06. The molecule has 3 nitrogen and oxygen atoms in total. The van der Waals surface area contributed by atoms with Gasteiger partial charge in [-0.1, -0.05) is 0 Å². The number of rotatable bonds is 3. The Morgan fingerprint density at radius 1 is 1.79 bits per heavy atom. The van der Waals surface area contributed by atoms with Crippen LogP contribution in [0.15, 0.2) is 10.7 Å². The third-order valence-corrected chi connectivity index (χ3v) is 3.86. The molecule has 2 heterocycles. The molecule has 1 aromatic heterocycles. The summed E-state index contributed by atoms with van der Waals surface area (Å²) in [6.07, 6.45) is 5.26. The van der Waals surface area contributed by atoms with Crippen molar-refractivity contribution < 1.29 is 4.42 Å². The molecular formula is C10H16N2OS. The topological polar surface area (TPSA) is 52.0 Å². The van der Waals surface area contributed by atoms with E-state index in [0.29, 0.717) is 5.25 Å². The Bertz CT molecular complexity index is 292. The van der Waals surface area contributed by atoms with Crippen molar-refractivity contribution in [2.45, 2.75) is 37.5 Å². The van der Waals surface area contributed by atoms with Crippen molar-refractivity contribution in [3.8, 4) is 0 Å². The van der Waals surface area contributed by atoms with Gasteiger partial charge in [0.1, 0.15) is 6.26 Å². The molecule has 0 bridgehead atoms. The number of hydrogen-bond acceptors (Lipinski definition) is 4. The summed E-state index contributed by atoms with van der Waals surface area (Å²) in [4.78, 5) is 4.37. The molecule has 0 saturated carbocycles. The molecule has 1 aromatic rings. The van der Waals surface area contributed by atoms with E-state index < -0.39 is 0 Å². The maximum Gasteiger partial charge on any atom is 0.195 e. The van der Waals surface area contributed by atoms with E-state index in [0.717, 1.165) is 18.0 Å². The van der Waals surface area contributed by atoms with E-state index in [2.05, 4.69) is 4.98 Å². The Kier molecular flexibility index (Phi) is 3.13. The fourth-order valence-corrected chi connectivity index (χ4v) is 2.89. The molecule has 0 radical (unpaired) electrons. The van der Waals surface area contributed by atoms with Gasteiger partial charge in [-0.25, -0.2) is 4.98 Å². The molecule has 1 aliphatic heterocycles. The van der Waals surface area contributed by atoms with Crippen LogP contribution in [0.3, 0.4) is 0 Å². The molecule has 0 aliphatic carbocycles. The van der Waals surface area contributed by atoms with Crippen molar-refractivity contribution in [1.29, 1.82) is 0 Å². The van der Waals surface area contributed by atoms with E-state index in [9.17, 15) is 0 Å². The van der Waals surface area contributed by atoms with Crippen LogP contribution >= 0.6 is 11.8 Å². The molecule has 0 aromatic carbocycles. The fourth-order valence-electron chi connectivity index (χ4n) is 1.63. The van der Waals surface area contributed by atoms with Crippen molar-refractivity contribution in [1.82, 2.24) is 4.98 Å². The first-order valence-electron chi connectivity index (χ1n) is 5.07. The fraction of sp³-hybridized carbons (Fsp3) is 0.700. The second-order valence-corrected chi connectivity index (χ2v) is 5.20. The first-order chi connectivity index (χ1) is 6.75. The summed E-state index contributed by atoms with van der Waals surface area (Å²) in [5, 5.41) is 0.703. The van der Waals surface area contributed by atoms with Gasteiger partial charge < -0.3 is 10.2 Å². The summed E-state index contributed by atoms with van der Waals surface area (Å²) < 4.78 is 5.38. The number of aromatic nitrogens is 1. The van der Waals surface area contributed by atoms with Crippen molar-refractivity contribution in [3.05, 3.63) is 17.8 Å². The summed E-state index contributed by atoms with van der Waals surface area (Å²) in [7, 11) is 0. The lowest BCUT2D eigenvalue weighted by atomic mass is 10.2. The Balaban J connectivity index is 1.95. The highest BCUT2D eigenvalue weighted by molar-refractivity contribution is 8.00. The van der Waals surface area contributed by atoms with Crippen molar-refractivity contribution in [2.24, 2.45) is 5.73 Å². The highest BCUT2D eigenvalue weighted by Gasteiger charge is 2.18. The van der Waals surface area contributed by atoms with Gasteiger partial charge in [0.2, 0.25) is 0 Å². The third kappa shape index (κ3) is 2.30. The van der Waals surface area contributed by atoms with Gasteiger partial charge in [-0.3, -0.25) is 0 Å². The van der Waals surface area contributed by atoms with Gasteiger partial charge in [-0.2, -0.15) is 11.8 Å². The van der Waals surface area contributed by atoms with Crippen molar-refractivity contribution in [2.75, 3.05) is 5.75 Å². The van der Waals surface area contributed by atoms with Crippen LogP contribution in [0.4, 0.5) is 0 Å². The first-order valence-corrected chi connectivity index (χ1v) is 6.12. The molecule has 0 amide bonds. The number of hydrogen-bond donors (Lipinski definition) is 1. The summed E-state index contributed by atoms with van der Waals surface area (Å²) in [5.41, 5.74) is 6.57. The van der Waals surface area contributed by atoms with Gasteiger partial charge in [0, 0.05) is 17.7 Å². The van der Waals surface area contributed by atoms with E-state index in [4.69, 9.17) is 10.2 Å². The van der Waals surface area contributed by atoms with Crippen molar-refractivity contribution >= 4 is 11.8 Å². The summed E-state index contributed by atoms with van der Waals surface area (Å²) >= 11 is 2.02. The van der Waals surface area contributed by atoms with Gasteiger partial charge in [0.05, 0.1) is 5.69 Å². The van der Waals surface area contributed by atoms with Crippen LogP contribution in [0, 0.1) is 0 Å². The average molecular weight is 212 g/mol. The highest BCUT2D eigenvalue weighted by atomic mass is 32.2. The van der Waals surface area contributed by atoms with E-state index in [1.807, 2.05) is 18.7 Å². The summed E-state index contributed by atoms with van der Waals surface area (Å²) in [6.45, 7) is 1.92. The van der Waals surface area contributed by atoms with E-state index in [1.165, 1.54) is 18.6 Å². The van der Waals surface area contributed by atoms with Crippen LogP contribution in [-0.2, 0) is 6.42 Å². The quantitative estimate of drug-likeness (QED) is 0.834. The SMILES string of the molecule is CC(N)c1coc(CC2CCCS2)n1. The van der Waals surface area contributed by atoms with Crippen LogP contribution in [0.25, 0.3) is 0 Å². The van der Waals surface area contributed by atoms with Crippen LogP contribution in [0.5, 0.6) is 0 Å². The largest absolute Gasteiger partial charge is 0.449 e. The second kappa shape index (κ2) is 4.36. The Morgan fingerprint density at radius 2 is 2.64 bits per heavy atom. The standard InChI is InChI=1S/C10H16N2OS/c1-7(11)9-6-13-10(12-9)5-8-3-2-4-14-8/h6-8H,2-5,11H2,1H3. The highest BCUT2D eigenvalue weighted by Crippen LogP contribution is 2.28. The number of oxazole rings is 1. The lowest BCUT2D eigenvalue weighted by Gasteiger charge is -2.03. The summed E-state index contributed by atoms with van der Waals surface area (Å²) in [6, 6.07) is -0.0243. The zero-order chi connectivity index (χ0) is 9.97. The Hall–Kier alpha value is -0.480. The number of thioether (sulfide) groups is 1. The predicted octanol–water partition coefficient (Wildman–Crippen LogP) is 2.13. The molecule has 2 rings (SSSR count). The minimum atomic E-state index is -0.0243. The number of nitrogens with zero attached hydrogens (tertiary/aromatic N) is 1. The maximum absolute atomic E-state index is 5.71. The van der Waals surface area contributed by atoms with Gasteiger partial charge >= 0.3 is 0 Å². The molecule has 1 fully saturated rings. The van der Waals surface area contributed by atoms with Gasteiger partial charge in [-0.15, -0.1) is 0 Å². The van der Waals surface area contributed by atoms with Crippen LogP contribution < -0.4 is 5.73 Å². The molecule has 78 valence electrons. The van der Waals surface area contributed by atoms with Crippen LogP contribution in [-0.4, -0.2) is 16.0 Å². The smallest absolute Gasteiger partial charge is 0.195 e. The Labute approximate surface area is 88.5 Å². The zero-order valence-electron chi connectivity index (χ0n) is 8.40. The van der Waals surface area contributed by atoms with Crippen LogP contribution in [0.1, 0.15) is 37.4 Å². The number of nitrogens with two attached hydrogens (primary N) is 1. The third-order valence-electron chi connectivity index (χ3n) is 2.46. The molecule has 14 heavy (non-hydrogen) atoms. The maximum atomic E-state index is 5.71. The average Bonchev–Trinajstić information content (AvgIpc) is 2.75. The first kappa shape index (κ1) is 10.1. The molecule has 1 saturated heterocycles. The zero-order valence-corrected chi connectivity index (χ0v) is 9.22. The van der Waals surface area contributed by atoms with Gasteiger partial charge in [0.25, 0.3) is 0 Å². The molecular weight excluding hydrogens is 196 g/mol. The molecule has 2 N–H and O–H groups in total. The molecule has 2 atom stereocenters. The lowest BCUT2D eigenvalue weighted by molar-refractivity contribution is 0.487. The minimum Gasteiger partial charge on any atom is -0.449 e. The molecule has 4 heteroatoms.